The van der Waals surface area contributed by atoms with Crippen LogP contribution in [-0.4, -0.2) is 61.4 Å². The van der Waals surface area contributed by atoms with E-state index >= 15 is 0 Å². The maximum atomic E-state index is 12.3. The summed E-state index contributed by atoms with van der Waals surface area (Å²) in [6, 6.07) is 8.85. The number of nitrogens with one attached hydrogen (secondary N) is 1. The second-order valence-electron chi connectivity index (χ2n) is 5.94. The number of ether oxygens (including phenoxy) is 1. The highest BCUT2D eigenvalue weighted by atomic mass is 35.5. The van der Waals surface area contributed by atoms with Crippen LogP contribution in [0.4, 0.5) is 5.69 Å². The number of rotatable bonds is 5. The Morgan fingerprint density at radius 1 is 1.23 bits per heavy atom. The van der Waals surface area contributed by atoms with E-state index in [2.05, 4.69) is 5.32 Å². The first-order valence-electron chi connectivity index (χ1n) is 8.25. The van der Waals surface area contributed by atoms with Crippen LogP contribution in [0.1, 0.15) is 9.67 Å². The zero-order chi connectivity index (χ0) is 18.5. The van der Waals surface area contributed by atoms with Crippen molar-refractivity contribution in [1.82, 2.24) is 9.80 Å². The molecule has 6 nitrogen and oxygen atoms in total. The molecule has 1 aliphatic heterocycles. The number of piperazine rings is 1. The first-order chi connectivity index (χ1) is 12.6. The van der Waals surface area contributed by atoms with Crippen LogP contribution in [0, 0.1) is 0 Å². The standard InChI is InChI=1S/C18H20ClN3O3S/c1-25-15-5-4-13(11-14(15)19)20-17(23)12-21-6-8-22(9-7-21)18(24)16-3-2-10-26-16/h2-5,10-11H,6-9,12H2,1H3,(H,20,23). The van der Waals surface area contributed by atoms with E-state index in [4.69, 9.17) is 16.3 Å². The van der Waals surface area contributed by atoms with Crippen molar-refractivity contribution in [2.24, 2.45) is 0 Å². The van der Waals surface area contributed by atoms with Gasteiger partial charge >= 0.3 is 0 Å². The molecule has 138 valence electrons. The van der Waals surface area contributed by atoms with Gasteiger partial charge in [0.05, 0.1) is 23.6 Å². The fourth-order valence-electron chi connectivity index (χ4n) is 2.81. The van der Waals surface area contributed by atoms with Crippen LogP contribution >= 0.6 is 22.9 Å². The van der Waals surface area contributed by atoms with E-state index in [0.29, 0.717) is 42.6 Å². The number of hydrogen-bond acceptors (Lipinski definition) is 5. The molecule has 1 aromatic carbocycles. The van der Waals surface area contributed by atoms with Gasteiger partial charge in [0.25, 0.3) is 5.91 Å². The molecule has 0 saturated carbocycles. The highest BCUT2D eigenvalue weighted by molar-refractivity contribution is 7.12. The normalized spacial score (nSPS) is 14.9. The molecule has 2 amide bonds. The minimum absolute atomic E-state index is 0.0666. The number of benzene rings is 1. The number of halogens is 1. The monoisotopic (exact) mass is 393 g/mol. The Morgan fingerprint density at radius 3 is 2.62 bits per heavy atom. The third-order valence-electron chi connectivity index (χ3n) is 4.19. The molecule has 2 aromatic rings. The SMILES string of the molecule is COc1ccc(NC(=O)CN2CCN(C(=O)c3cccs3)CC2)cc1Cl. The lowest BCUT2D eigenvalue weighted by molar-refractivity contribution is -0.117. The predicted molar refractivity (Wildman–Crippen MR) is 103 cm³/mol. The van der Waals surface area contributed by atoms with E-state index in [1.165, 1.54) is 11.3 Å². The van der Waals surface area contributed by atoms with Crippen LogP contribution in [0.25, 0.3) is 0 Å². The van der Waals surface area contributed by atoms with Gasteiger partial charge in [-0.2, -0.15) is 0 Å². The van der Waals surface area contributed by atoms with E-state index in [-0.39, 0.29) is 18.4 Å². The Morgan fingerprint density at radius 2 is 2.00 bits per heavy atom. The minimum Gasteiger partial charge on any atom is -0.495 e. The molecule has 3 rings (SSSR count). The lowest BCUT2D eigenvalue weighted by atomic mass is 10.2. The van der Waals surface area contributed by atoms with Crippen LogP contribution in [-0.2, 0) is 4.79 Å². The van der Waals surface area contributed by atoms with Crippen LogP contribution in [0.2, 0.25) is 5.02 Å². The average Bonchev–Trinajstić information content (AvgIpc) is 3.16. The molecule has 8 heteroatoms. The summed E-state index contributed by atoms with van der Waals surface area (Å²) in [5.74, 6) is 0.525. The Kier molecular flexibility index (Phi) is 6.13. The second kappa shape index (κ2) is 8.53. The summed E-state index contributed by atoms with van der Waals surface area (Å²) in [4.78, 5) is 29.2. The Bertz CT molecular complexity index is 774. The molecule has 1 saturated heterocycles. The summed E-state index contributed by atoms with van der Waals surface area (Å²) in [7, 11) is 1.54. The molecule has 1 N–H and O–H groups in total. The van der Waals surface area contributed by atoms with E-state index < -0.39 is 0 Å². The number of amides is 2. The maximum Gasteiger partial charge on any atom is 0.264 e. The quantitative estimate of drug-likeness (QED) is 0.848. The zero-order valence-corrected chi connectivity index (χ0v) is 16.0. The van der Waals surface area contributed by atoms with E-state index in [1.807, 2.05) is 27.3 Å². The van der Waals surface area contributed by atoms with Gasteiger partial charge in [-0.15, -0.1) is 11.3 Å². The second-order valence-corrected chi connectivity index (χ2v) is 7.30. The third-order valence-corrected chi connectivity index (χ3v) is 5.35. The first kappa shape index (κ1) is 18.7. The summed E-state index contributed by atoms with van der Waals surface area (Å²) >= 11 is 7.52. The molecule has 26 heavy (non-hydrogen) atoms. The maximum absolute atomic E-state index is 12.3. The molecule has 0 atom stereocenters. The molecule has 0 aliphatic carbocycles. The van der Waals surface area contributed by atoms with Crippen molar-refractivity contribution in [3.63, 3.8) is 0 Å². The van der Waals surface area contributed by atoms with Gasteiger partial charge in [-0.25, -0.2) is 0 Å². The van der Waals surface area contributed by atoms with Crippen LogP contribution in [0.5, 0.6) is 5.75 Å². The molecule has 0 bridgehead atoms. The highest BCUT2D eigenvalue weighted by Gasteiger charge is 2.23. The lowest BCUT2D eigenvalue weighted by Crippen LogP contribution is -2.50. The lowest BCUT2D eigenvalue weighted by Gasteiger charge is -2.34. The summed E-state index contributed by atoms with van der Waals surface area (Å²) in [5.41, 5.74) is 0.632. The van der Waals surface area contributed by atoms with Gasteiger partial charge < -0.3 is 15.0 Å². The zero-order valence-electron chi connectivity index (χ0n) is 14.4. The minimum atomic E-state index is -0.107. The van der Waals surface area contributed by atoms with Crippen LogP contribution in [0.3, 0.4) is 0 Å². The predicted octanol–water partition coefficient (Wildman–Crippen LogP) is 2.81. The molecule has 2 heterocycles. The van der Waals surface area contributed by atoms with Gasteiger partial charge in [-0.1, -0.05) is 17.7 Å². The molecule has 0 radical (unpaired) electrons. The number of methoxy groups -OCH3 is 1. The van der Waals surface area contributed by atoms with Gasteiger partial charge in [-0.3, -0.25) is 14.5 Å². The number of anilines is 1. The van der Waals surface area contributed by atoms with Crippen molar-refractivity contribution in [1.29, 1.82) is 0 Å². The third kappa shape index (κ3) is 4.55. The van der Waals surface area contributed by atoms with Gasteiger partial charge in [0.15, 0.2) is 0 Å². The van der Waals surface area contributed by atoms with Crippen molar-refractivity contribution in [2.75, 3.05) is 45.2 Å². The first-order valence-corrected chi connectivity index (χ1v) is 9.51. The summed E-state index contributed by atoms with van der Waals surface area (Å²) in [6.07, 6.45) is 0. The Hall–Kier alpha value is -2.09. The molecule has 1 fully saturated rings. The number of nitrogens with zero attached hydrogens (tertiary/aromatic N) is 2. The van der Waals surface area contributed by atoms with E-state index in [0.717, 1.165) is 4.88 Å². The summed E-state index contributed by atoms with van der Waals surface area (Å²) in [5, 5.41) is 5.19. The Labute approximate surface area is 161 Å². The topological polar surface area (TPSA) is 61.9 Å². The van der Waals surface area contributed by atoms with Crippen molar-refractivity contribution >= 4 is 40.4 Å². The fourth-order valence-corrected chi connectivity index (χ4v) is 3.76. The summed E-state index contributed by atoms with van der Waals surface area (Å²) < 4.78 is 5.10. The fraction of sp³-hybridized carbons (Fsp3) is 0.333. The molecule has 0 spiro atoms. The van der Waals surface area contributed by atoms with E-state index in [9.17, 15) is 9.59 Å². The number of hydrogen-bond donors (Lipinski definition) is 1. The van der Waals surface area contributed by atoms with Gasteiger partial charge in [0, 0.05) is 31.9 Å². The average molecular weight is 394 g/mol. The smallest absolute Gasteiger partial charge is 0.264 e. The number of carbonyl (C=O) groups is 2. The van der Waals surface area contributed by atoms with E-state index in [1.54, 1.807) is 25.3 Å². The Balaban J connectivity index is 1.47. The number of carbonyl (C=O) groups excluding carboxylic acids is 2. The number of thiophene rings is 1. The molecule has 0 unspecified atom stereocenters. The molecule has 1 aromatic heterocycles. The van der Waals surface area contributed by atoms with Crippen LogP contribution in [0.15, 0.2) is 35.7 Å². The molecular formula is C18H20ClN3O3S. The highest BCUT2D eigenvalue weighted by Crippen LogP contribution is 2.27. The molecule has 1 aliphatic rings. The largest absolute Gasteiger partial charge is 0.495 e. The van der Waals surface area contributed by atoms with Gasteiger partial charge in [0.2, 0.25) is 5.91 Å². The van der Waals surface area contributed by atoms with Gasteiger partial charge in [0.1, 0.15) is 5.75 Å². The van der Waals surface area contributed by atoms with Gasteiger partial charge in [-0.05, 0) is 29.6 Å². The van der Waals surface area contributed by atoms with Crippen molar-refractivity contribution in [2.45, 2.75) is 0 Å². The van der Waals surface area contributed by atoms with Crippen LogP contribution < -0.4 is 10.1 Å². The molecular weight excluding hydrogens is 374 g/mol. The van der Waals surface area contributed by atoms with Crippen molar-refractivity contribution in [3.8, 4) is 5.75 Å². The van der Waals surface area contributed by atoms with Crippen molar-refractivity contribution < 1.29 is 14.3 Å². The summed E-state index contributed by atoms with van der Waals surface area (Å²) in [6.45, 7) is 2.88. The van der Waals surface area contributed by atoms with Crippen molar-refractivity contribution in [3.05, 3.63) is 45.6 Å².